The summed E-state index contributed by atoms with van der Waals surface area (Å²) >= 11 is 0. The van der Waals surface area contributed by atoms with Crippen LogP contribution in [0.2, 0.25) is 0 Å². The smallest absolute Gasteiger partial charge is 0.292 e. The van der Waals surface area contributed by atoms with Gasteiger partial charge >= 0.3 is 0 Å². The predicted molar refractivity (Wildman–Crippen MR) is 92.0 cm³/mol. The fourth-order valence-electron chi connectivity index (χ4n) is 2.98. The van der Waals surface area contributed by atoms with Crippen LogP contribution in [0, 0.1) is 5.82 Å². The molecule has 0 radical (unpaired) electrons. The van der Waals surface area contributed by atoms with Crippen LogP contribution in [0.15, 0.2) is 53.4 Å². The van der Waals surface area contributed by atoms with Crippen LogP contribution in [-0.4, -0.2) is 52.1 Å². The molecule has 0 N–H and O–H groups in total. The molecule has 4 rings (SSSR count). The van der Waals surface area contributed by atoms with Crippen molar-refractivity contribution >= 4 is 11.7 Å². The van der Waals surface area contributed by atoms with Gasteiger partial charge < -0.3 is 14.3 Å². The van der Waals surface area contributed by atoms with Gasteiger partial charge in [-0.3, -0.25) is 4.79 Å². The van der Waals surface area contributed by atoms with E-state index < -0.39 is 5.82 Å². The highest BCUT2D eigenvalue weighted by Gasteiger charge is 2.27. The Kier molecular flexibility index (Phi) is 4.30. The summed E-state index contributed by atoms with van der Waals surface area (Å²) < 4.78 is 19.9. The van der Waals surface area contributed by atoms with Crippen molar-refractivity contribution in [1.29, 1.82) is 0 Å². The lowest BCUT2D eigenvalue weighted by atomic mass is 10.1. The topological polar surface area (TPSA) is 75.4 Å². The Bertz CT molecular complexity index is 893. The molecule has 0 unspecified atom stereocenters. The molecule has 0 bridgehead atoms. The van der Waals surface area contributed by atoms with E-state index in [0.717, 1.165) is 0 Å². The van der Waals surface area contributed by atoms with Crippen molar-refractivity contribution in [3.05, 3.63) is 60.5 Å². The van der Waals surface area contributed by atoms with E-state index in [0.29, 0.717) is 31.7 Å². The molecule has 0 atom stereocenters. The van der Waals surface area contributed by atoms with Gasteiger partial charge in [-0.15, -0.1) is 0 Å². The van der Waals surface area contributed by atoms with E-state index in [1.165, 1.54) is 18.6 Å². The third kappa shape index (κ3) is 3.01. The molecular weight excluding hydrogens is 337 g/mol. The molecule has 1 aliphatic heterocycles. The molecule has 0 aliphatic carbocycles. The average Bonchev–Trinajstić information content (AvgIpc) is 3.23. The Morgan fingerprint density at radius 2 is 1.81 bits per heavy atom. The number of hydrogen-bond donors (Lipinski definition) is 0. The molecule has 26 heavy (non-hydrogen) atoms. The van der Waals surface area contributed by atoms with Crippen LogP contribution in [0.5, 0.6) is 0 Å². The van der Waals surface area contributed by atoms with Crippen molar-refractivity contribution in [2.45, 2.75) is 0 Å². The molecule has 0 spiro atoms. The van der Waals surface area contributed by atoms with Crippen molar-refractivity contribution in [2.75, 3.05) is 31.1 Å². The van der Waals surface area contributed by atoms with E-state index in [-0.39, 0.29) is 23.2 Å². The van der Waals surface area contributed by atoms with Crippen LogP contribution in [0.4, 0.5) is 10.2 Å². The molecule has 1 aromatic carbocycles. The maximum absolute atomic E-state index is 15.0. The molecule has 1 saturated heterocycles. The van der Waals surface area contributed by atoms with Gasteiger partial charge in [-0.05, 0) is 0 Å². The first-order chi connectivity index (χ1) is 12.7. The number of piperazine rings is 1. The molecule has 2 aromatic heterocycles. The summed E-state index contributed by atoms with van der Waals surface area (Å²) in [6.07, 6.45) is 2.80. The van der Waals surface area contributed by atoms with Gasteiger partial charge in [0.1, 0.15) is 12.0 Å². The van der Waals surface area contributed by atoms with Crippen LogP contribution in [-0.2, 0) is 0 Å². The molecule has 1 amide bonds. The number of anilines is 1. The molecular formula is C18H16FN5O2. The minimum Gasteiger partial charge on any atom is -0.351 e. The lowest BCUT2D eigenvalue weighted by Crippen LogP contribution is -2.49. The van der Waals surface area contributed by atoms with Crippen molar-refractivity contribution < 1.29 is 13.7 Å². The van der Waals surface area contributed by atoms with Crippen LogP contribution in [0.25, 0.3) is 11.3 Å². The summed E-state index contributed by atoms with van der Waals surface area (Å²) in [6.45, 7) is 1.84. The van der Waals surface area contributed by atoms with Crippen molar-refractivity contribution in [3.63, 3.8) is 0 Å². The molecule has 1 fully saturated rings. The number of carbonyl (C=O) groups is 1. The molecule has 3 aromatic rings. The first-order valence-corrected chi connectivity index (χ1v) is 8.25. The molecule has 8 heteroatoms. The number of hydrogen-bond acceptors (Lipinski definition) is 6. The zero-order valence-corrected chi connectivity index (χ0v) is 13.9. The quantitative estimate of drug-likeness (QED) is 0.719. The van der Waals surface area contributed by atoms with Gasteiger partial charge in [-0.25, -0.2) is 14.4 Å². The van der Waals surface area contributed by atoms with Gasteiger partial charge in [0, 0.05) is 37.8 Å². The Labute approximate surface area is 149 Å². The maximum Gasteiger partial charge on any atom is 0.292 e. The second-order valence-corrected chi connectivity index (χ2v) is 5.88. The molecule has 1 aliphatic rings. The number of nitrogens with zero attached hydrogens (tertiary/aromatic N) is 5. The lowest BCUT2D eigenvalue weighted by molar-refractivity contribution is 0.0704. The summed E-state index contributed by atoms with van der Waals surface area (Å²) in [5.41, 5.74) is 0.976. The van der Waals surface area contributed by atoms with Crippen molar-refractivity contribution in [2.24, 2.45) is 0 Å². The number of carbonyl (C=O) groups excluding carboxylic acids is 1. The first-order valence-electron chi connectivity index (χ1n) is 8.25. The highest BCUT2D eigenvalue weighted by Crippen LogP contribution is 2.26. The van der Waals surface area contributed by atoms with Gasteiger partial charge in [0.2, 0.25) is 5.76 Å². The van der Waals surface area contributed by atoms with Gasteiger partial charge in [0.05, 0.1) is 6.20 Å². The van der Waals surface area contributed by atoms with E-state index in [4.69, 9.17) is 4.52 Å². The fourth-order valence-corrected chi connectivity index (χ4v) is 2.98. The molecule has 0 saturated carbocycles. The summed E-state index contributed by atoms with van der Waals surface area (Å²) in [6, 6.07) is 10.7. The van der Waals surface area contributed by atoms with Gasteiger partial charge in [0.15, 0.2) is 11.6 Å². The summed E-state index contributed by atoms with van der Waals surface area (Å²) in [4.78, 5) is 24.0. The van der Waals surface area contributed by atoms with Crippen LogP contribution in [0.1, 0.15) is 10.6 Å². The van der Waals surface area contributed by atoms with Crippen molar-refractivity contribution in [1.82, 2.24) is 20.0 Å². The van der Waals surface area contributed by atoms with Crippen molar-refractivity contribution in [3.8, 4) is 11.3 Å². The Morgan fingerprint density at radius 3 is 2.50 bits per heavy atom. The van der Waals surface area contributed by atoms with E-state index >= 15 is 0 Å². The van der Waals surface area contributed by atoms with Crippen LogP contribution < -0.4 is 4.90 Å². The van der Waals surface area contributed by atoms with E-state index in [2.05, 4.69) is 15.1 Å². The maximum atomic E-state index is 15.0. The number of benzene rings is 1. The second-order valence-electron chi connectivity index (χ2n) is 5.88. The van der Waals surface area contributed by atoms with Gasteiger partial charge in [0.25, 0.3) is 5.91 Å². The monoisotopic (exact) mass is 353 g/mol. The number of aromatic nitrogens is 3. The number of amides is 1. The fraction of sp³-hybridized carbons (Fsp3) is 0.222. The zero-order valence-electron chi connectivity index (χ0n) is 13.9. The molecule has 7 nitrogen and oxygen atoms in total. The van der Waals surface area contributed by atoms with Crippen LogP contribution in [0.3, 0.4) is 0 Å². The average molecular weight is 353 g/mol. The summed E-state index contributed by atoms with van der Waals surface area (Å²) in [7, 11) is 0. The van der Waals surface area contributed by atoms with Crippen LogP contribution >= 0.6 is 0 Å². The Hall–Kier alpha value is -3.29. The Balaban J connectivity index is 1.51. The largest absolute Gasteiger partial charge is 0.351 e. The lowest BCUT2D eigenvalue weighted by Gasteiger charge is -2.35. The third-order valence-corrected chi connectivity index (χ3v) is 4.33. The third-order valence-electron chi connectivity index (χ3n) is 4.33. The highest BCUT2D eigenvalue weighted by atomic mass is 19.1. The van der Waals surface area contributed by atoms with E-state index in [9.17, 15) is 9.18 Å². The number of rotatable bonds is 3. The Morgan fingerprint density at radius 1 is 1.04 bits per heavy atom. The minimum atomic E-state index is -0.450. The predicted octanol–water partition coefficient (Wildman–Crippen LogP) is 2.23. The first kappa shape index (κ1) is 16.2. The van der Waals surface area contributed by atoms with E-state index in [1.807, 2.05) is 35.2 Å². The van der Waals surface area contributed by atoms with Gasteiger partial charge in [-0.2, -0.15) is 0 Å². The normalized spacial score (nSPS) is 14.5. The standard InChI is InChI=1S/C18H16FN5O2/c19-15-16(13-4-2-1-3-5-13)20-12-21-17(15)23-8-10-24(11-9-23)18(25)14-6-7-22-26-14/h1-7,12H,8-11H2. The minimum absolute atomic E-state index is 0.207. The SMILES string of the molecule is O=C(c1ccno1)N1CCN(c2ncnc(-c3ccccc3)c2F)CC1. The summed E-state index contributed by atoms with van der Waals surface area (Å²) in [5.74, 6) is -0.201. The summed E-state index contributed by atoms with van der Waals surface area (Å²) in [5, 5.41) is 3.55. The molecule has 3 heterocycles. The second kappa shape index (κ2) is 6.91. The molecule has 132 valence electrons. The van der Waals surface area contributed by atoms with E-state index in [1.54, 1.807) is 4.90 Å². The van der Waals surface area contributed by atoms with Gasteiger partial charge in [-0.1, -0.05) is 35.5 Å². The zero-order chi connectivity index (χ0) is 17.9. The highest BCUT2D eigenvalue weighted by molar-refractivity contribution is 5.91. The number of halogens is 1.